The zero-order chi connectivity index (χ0) is 18.1. The molecule has 1 aromatic heterocycles. The van der Waals surface area contributed by atoms with Gasteiger partial charge in [0, 0.05) is 17.0 Å². The van der Waals surface area contributed by atoms with E-state index >= 15 is 0 Å². The summed E-state index contributed by atoms with van der Waals surface area (Å²) in [6, 6.07) is 11.7. The predicted octanol–water partition coefficient (Wildman–Crippen LogP) is 3.76. The maximum absolute atomic E-state index is 10.8. The van der Waals surface area contributed by atoms with Gasteiger partial charge in [-0.3, -0.25) is 5.43 Å². The van der Waals surface area contributed by atoms with Gasteiger partial charge < -0.3 is 14.6 Å². The van der Waals surface area contributed by atoms with E-state index in [9.17, 15) is 4.79 Å². The lowest BCUT2D eigenvalue weighted by molar-refractivity contribution is 0.0697. The maximum Gasteiger partial charge on any atom is 0.335 e. The number of aromatic nitrogens is 1. The average molecular weight is 370 g/mol. The summed E-state index contributed by atoms with van der Waals surface area (Å²) in [7, 11) is 0. The summed E-state index contributed by atoms with van der Waals surface area (Å²) in [4.78, 5) is 15.2. The van der Waals surface area contributed by atoms with Crippen LogP contribution >= 0.6 is 11.6 Å². The van der Waals surface area contributed by atoms with Crippen LogP contribution in [0.25, 0.3) is 10.9 Å². The molecule has 0 radical (unpaired) electrons. The third-order valence-electron chi connectivity index (χ3n) is 3.82. The molecule has 130 valence electrons. The Kier molecular flexibility index (Phi) is 4.06. The molecule has 1 aliphatic heterocycles. The number of benzene rings is 2. The van der Waals surface area contributed by atoms with Gasteiger partial charge in [0.2, 0.25) is 6.79 Å². The first kappa shape index (κ1) is 16.2. The Morgan fingerprint density at radius 2 is 1.92 bits per heavy atom. The molecular formula is C18H12ClN3O4. The highest BCUT2D eigenvalue weighted by Gasteiger charge is 2.15. The van der Waals surface area contributed by atoms with Crippen LogP contribution < -0.4 is 14.9 Å². The number of hydrazone groups is 1. The van der Waals surface area contributed by atoms with Crippen molar-refractivity contribution in [1.82, 2.24) is 4.98 Å². The van der Waals surface area contributed by atoms with Crippen LogP contribution in [0.2, 0.25) is 5.15 Å². The molecule has 7 nitrogen and oxygen atoms in total. The number of carboxylic acid groups (broad SMARTS) is 1. The molecule has 26 heavy (non-hydrogen) atoms. The summed E-state index contributed by atoms with van der Waals surface area (Å²) < 4.78 is 10.7. The zero-order valence-corrected chi connectivity index (χ0v) is 14.0. The minimum Gasteiger partial charge on any atom is -0.478 e. The largest absolute Gasteiger partial charge is 0.478 e. The molecule has 0 aliphatic carbocycles. The summed E-state index contributed by atoms with van der Waals surface area (Å²) >= 11 is 6.22. The first-order valence-electron chi connectivity index (χ1n) is 7.62. The van der Waals surface area contributed by atoms with Crippen molar-refractivity contribution in [3.8, 4) is 11.5 Å². The van der Waals surface area contributed by atoms with Gasteiger partial charge in [0.25, 0.3) is 0 Å². The van der Waals surface area contributed by atoms with Crippen LogP contribution in [0.15, 0.2) is 47.6 Å². The average Bonchev–Trinajstić information content (AvgIpc) is 3.08. The lowest BCUT2D eigenvalue weighted by atomic mass is 10.1. The fourth-order valence-corrected chi connectivity index (χ4v) is 2.71. The zero-order valence-electron chi connectivity index (χ0n) is 13.3. The number of carboxylic acids is 1. The number of anilines is 1. The molecule has 3 aromatic rings. The Bertz CT molecular complexity index is 1030. The van der Waals surface area contributed by atoms with E-state index in [4.69, 9.17) is 26.2 Å². The fraction of sp³-hybridized carbons (Fsp3) is 0.0556. The number of ether oxygens (including phenoxy) is 2. The van der Waals surface area contributed by atoms with E-state index in [-0.39, 0.29) is 12.4 Å². The van der Waals surface area contributed by atoms with Gasteiger partial charge in [-0.1, -0.05) is 11.6 Å². The Labute approximate surface area is 152 Å². The van der Waals surface area contributed by atoms with Crippen LogP contribution in [0.3, 0.4) is 0 Å². The number of carbonyl (C=O) groups is 1. The lowest BCUT2D eigenvalue weighted by Crippen LogP contribution is -1.97. The molecular weight excluding hydrogens is 358 g/mol. The molecule has 0 bridgehead atoms. The molecule has 2 aromatic carbocycles. The standard InChI is InChI=1S/C18H12ClN3O4/c19-17-12(8-20-22-13-3-1-10(2-4-13)18(23)24)5-11-6-15-16(26-9-25-15)7-14(11)21-17/h1-8,22H,9H2,(H,23,24). The van der Waals surface area contributed by atoms with Crippen molar-refractivity contribution >= 4 is 40.4 Å². The van der Waals surface area contributed by atoms with Gasteiger partial charge in [0.05, 0.1) is 23.0 Å². The van der Waals surface area contributed by atoms with Gasteiger partial charge in [0.1, 0.15) is 5.15 Å². The summed E-state index contributed by atoms with van der Waals surface area (Å²) in [5, 5.41) is 14.2. The van der Waals surface area contributed by atoms with Crippen LogP contribution in [-0.2, 0) is 0 Å². The summed E-state index contributed by atoms with van der Waals surface area (Å²) in [6.45, 7) is 0.193. The molecule has 1 aliphatic rings. The van der Waals surface area contributed by atoms with Gasteiger partial charge in [0.15, 0.2) is 11.5 Å². The van der Waals surface area contributed by atoms with Crippen LogP contribution in [0.4, 0.5) is 5.69 Å². The Balaban J connectivity index is 1.56. The predicted molar refractivity (Wildman–Crippen MR) is 97.5 cm³/mol. The molecule has 0 saturated heterocycles. The second-order valence-corrected chi connectivity index (χ2v) is 5.88. The van der Waals surface area contributed by atoms with Crippen LogP contribution in [0.5, 0.6) is 11.5 Å². The molecule has 0 saturated carbocycles. The van der Waals surface area contributed by atoms with Crippen LogP contribution in [0.1, 0.15) is 15.9 Å². The topological polar surface area (TPSA) is 93.0 Å². The van der Waals surface area contributed by atoms with E-state index < -0.39 is 5.97 Å². The van der Waals surface area contributed by atoms with E-state index in [1.165, 1.54) is 12.1 Å². The number of fused-ring (bicyclic) bond motifs is 2. The van der Waals surface area contributed by atoms with Gasteiger partial charge in [-0.15, -0.1) is 0 Å². The Hall–Kier alpha value is -3.32. The molecule has 4 rings (SSSR count). The highest BCUT2D eigenvalue weighted by molar-refractivity contribution is 6.32. The molecule has 0 unspecified atom stereocenters. The Morgan fingerprint density at radius 1 is 1.19 bits per heavy atom. The second kappa shape index (κ2) is 6.53. The van der Waals surface area contributed by atoms with Crippen molar-refractivity contribution in [2.45, 2.75) is 0 Å². The number of pyridine rings is 1. The van der Waals surface area contributed by atoms with Gasteiger partial charge in [-0.25, -0.2) is 9.78 Å². The van der Waals surface area contributed by atoms with E-state index in [0.717, 1.165) is 5.39 Å². The highest BCUT2D eigenvalue weighted by Crippen LogP contribution is 2.36. The number of hydrogen-bond donors (Lipinski definition) is 2. The Morgan fingerprint density at radius 3 is 2.65 bits per heavy atom. The third kappa shape index (κ3) is 3.12. The molecule has 0 amide bonds. The molecule has 0 spiro atoms. The first-order valence-corrected chi connectivity index (χ1v) is 8.00. The van der Waals surface area contributed by atoms with Crippen molar-refractivity contribution < 1.29 is 19.4 Å². The number of nitrogens with one attached hydrogen (secondary N) is 1. The fourth-order valence-electron chi connectivity index (χ4n) is 2.51. The SMILES string of the molecule is O=C(O)c1ccc(NN=Cc2cc3cc4c(cc3nc2Cl)OCO4)cc1. The number of hydrogen-bond acceptors (Lipinski definition) is 6. The normalized spacial score (nSPS) is 12.7. The van der Waals surface area contributed by atoms with Crippen molar-refractivity contribution in [3.05, 3.63) is 58.7 Å². The van der Waals surface area contributed by atoms with Crippen molar-refractivity contribution in [3.63, 3.8) is 0 Å². The minimum atomic E-state index is -0.977. The van der Waals surface area contributed by atoms with Gasteiger partial charge in [-0.2, -0.15) is 5.10 Å². The smallest absolute Gasteiger partial charge is 0.335 e. The summed E-state index contributed by atoms with van der Waals surface area (Å²) in [5.74, 6) is 0.338. The molecule has 2 heterocycles. The molecule has 0 fully saturated rings. The molecule has 0 atom stereocenters. The molecule has 8 heteroatoms. The number of nitrogens with zero attached hydrogens (tertiary/aromatic N) is 2. The number of aromatic carboxylic acids is 1. The van der Waals surface area contributed by atoms with Crippen molar-refractivity contribution in [1.29, 1.82) is 0 Å². The van der Waals surface area contributed by atoms with Gasteiger partial charge >= 0.3 is 5.97 Å². The highest BCUT2D eigenvalue weighted by atomic mass is 35.5. The quantitative estimate of drug-likeness (QED) is 0.413. The van der Waals surface area contributed by atoms with Crippen LogP contribution in [-0.4, -0.2) is 29.1 Å². The lowest BCUT2D eigenvalue weighted by Gasteiger charge is -2.04. The minimum absolute atomic E-state index is 0.193. The van der Waals surface area contributed by atoms with Gasteiger partial charge in [-0.05, 0) is 36.4 Å². The van der Waals surface area contributed by atoms with Crippen LogP contribution in [0, 0.1) is 0 Å². The number of rotatable bonds is 4. The first-order chi connectivity index (χ1) is 12.6. The summed E-state index contributed by atoms with van der Waals surface area (Å²) in [5.41, 5.74) is 5.02. The van der Waals surface area contributed by atoms with Crippen molar-refractivity contribution in [2.24, 2.45) is 5.10 Å². The maximum atomic E-state index is 10.8. The molecule has 2 N–H and O–H groups in total. The third-order valence-corrected chi connectivity index (χ3v) is 4.12. The second-order valence-electron chi connectivity index (χ2n) is 5.52. The van der Waals surface area contributed by atoms with E-state index in [2.05, 4.69) is 15.5 Å². The number of halogens is 1. The summed E-state index contributed by atoms with van der Waals surface area (Å²) in [6.07, 6.45) is 1.55. The van der Waals surface area contributed by atoms with E-state index in [1.54, 1.807) is 24.4 Å². The van der Waals surface area contributed by atoms with Crippen molar-refractivity contribution in [2.75, 3.05) is 12.2 Å². The monoisotopic (exact) mass is 369 g/mol. The van der Waals surface area contributed by atoms with E-state index in [0.29, 0.717) is 33.4 Å². The van der Waals surface area contributed by atoms with E-state index in [1.807, 2.05) is 12.1 Å².